The molecule has 0 spiro atoms. The van der Waals surface area contributed by atoms with Gasteiger partial charge in [-0.2, -0.15) is 11.8 Å². The molecule has 6 aliphatic carbocycles. The van der Waals surface area contributed by atoms with E-state index < -0.39 is 0 Å². The quantitative estimate of drug-likeness (QED) is 0.420. The minimum atomic E-state index is 0. The minimum absolute atomic E-state index is 0. The monoisotopic (exact) mass is 180 g/mol. The first-order valence-corrected chi connectivity index (χ1v) is 6.28. The van der Waals surface area contributed by atoms with E-state index in [-0.39, 0.29) is 18.9 Å². The van der Waals surface area contributed by atoms with Gasteiger partial charge in [-0.15, -0.1) is 5.41 Å². The van der Waals surface area contributed by atoms with Gasteiger partial charge in [-0.3, -0.25) is 0 Å². The summed E-state index contributed by atoms with van der Waals surface area (Å²) in [4.78, 5) is 0. The number of unbranched alkanes of at least 4 members (excludes halogenated alkanes) is 1. The van der Waals surface area contributed by atoms with Crippen molar-refractivity contribution in [2.75, 3.05) is 0 Å². The molecule has 0 aromatic carbocycles. The van der Waals surface area contributed by atoms with Gasteiger partial charge in [0.1, 0.15) is 0 Å². The fourth-order valence-electron chi connectivity index (χ4n) is 6.39. The molecule has 0 aliphatic heterocycles. The summed E-state index contributed by atoms with van der Waals surface area (Å²) < 4.78 is 0. The van der Waals surface area contributed by atoms with Crippen LogP contribution in [0.25, 0.3) is 0 Å². The van der Waals surface area contributed by atoms with E-state index in [0.717, 1.165) is 5.41 Å². The molecule has 0 saturated heterocycles. The summed E-state index contributed by atoms with van der Waals surface area (Å²) in [5, 5.41) is 0. The molecular formula is C13H17Li. The van der Waals surface area contributed by atoms with Crippen molar-refractivity contribution in [3.05, 3.63) is 5.92 Å². The zero-order chi connectivity index (χ0) is 8.37. The van der Waals surface area contributed by atoms with E-state index in [1.165, 1.54) is 48.3 Å². The Kier molecular flexibility index (Phi) is 1.35. The van der Waals surface area contributed by atoms with E-state index >= 15 is 0 Å². The SMILES string of the molecule is CCCCC12[C-]3[C@@H]4[C@H]5C[C@@H]([C@@H]34)[C@@H]1[C@H]52.[Li+]. The van der Waals surface area contributed by atoms with Crippen LogP contribution in [0.4, 0.5) is 0 Å². The van der Waals surface area contributed by atoms with Gasteiger partial charge in [-0.05, 0) is 0 Å². The minimum Gasteiger partial charge on any atom is -0.305 e. The Morgan fingerprint density at radius 1 is 1.21 bits per heavy atom. The second kappa shape index (κ2) is 2.16. The largest absolute Gasteiger partial charge is 1.00 e. The first-order chi connectivity index (χ1) is 6.41. The van der Waals surface area contributed by atoms with Crippen LogP contribution < -0.4 is 18.9 Å². The Morgan fingerprint density at radius 3 is 2.29 bits per heavy atom. The van der Waals surface area contributed by atoms with Crippen LogP contribution in [0.2, 0.25) is 0 Å². The topological polar surface area (TPSA) is 0 Å². The molecule has 0 aromatic rings. The average molecular weight is 180 g/mol. The van der Waals surface area contributed by atoms with Gasteiger partial charge in [-0.1, -0.05) is 56.3 Å². The molecule has 70 valence electrons. The Hall–Kier alpha value is 0.597. The second-order valence-electron chi connectivity index (χ2n) is 6.27. The molecule has 0 nitrogen and oxygen atoms in total. The van der Waals surface area contributed by atoms with Gasteiger partial charge in [0.25, 0.3) is 0 Å². The first-order valence-electron chi connectivity index (χ1n) is 6.28. The molecule has 7 atom stereocenters. The maximum atomic E-state index is 2.35. The van der Waals surface area contributed by atoms with Crippen LogP contribution in [0.15, 0.2) is 0 Å². The molecule has 0 amide bonds. The third kappa shape index (κ3) is 0.548. The molecule has 1 unspecified atom stereocenters. The molecule has 0 aromatic heterocycles. The normalized spacial score (nSPS) is 68.4. The molecule has 2 bridgehead atoms. The summed E-state index contributed by atoms with van der Waals surface area (Å²) in [5.41, 5.74) is 0.916. The van der Waals surface area contributed by atoms with E-state index in [1.54, 1.807) is 12.8 Å². The van der Waals surface area contributed by atoms with Crippen LogP contribution in [0.1, 0.15) is 32.6 Å². The molecule has 6 aliphatic rings. The van der Waals surface area contributed by atoms with Gasteiger partial charge < -0.3 is 5.92 Å². The van der Waals surface area contributed by atoms with Crippen LogP contribution in [0.5, 0.6) is 0 Å². The summed E-state index contributed by atoms with van der Waals surface area (Å²) in [6, 6.07) is 0. The predicted molar refractivity (Wildman–Crippen MR) is 50.8 cm³/mol. The van der Waals surface area contributed by atoms with Crippen LogP contribution in [0, 0.1) is 46.8 Å². The van der Waals surface area contributed by atoms with Crippen molar-refractivity contribution in [3.8, 4) is 0 Å². The smallest absolute Gasteiger partial charge is 0.305 e. The third-order valence-electron chi connectivity index (χ3n) is 6.33. The van der Waals surface area contributed by atoms with E-state index in [0.29, 0.717) is 0 Å². The first kappa shape index (κ1) is 8.72. The Bertz CT molecular complexity index is 283. The van der Waals surface area contributed by atoms with E-state index in [2.05, 4.69) is 12.8 Å². The van der Waals surface area contributed by atoms with E-state index in [4.69, 9.17) is 0 Å². The molecule has 14 heavy (non-hydrogen) atoms. The van der Waals surface area contributed by atoms with Crippen LogP contribution >= 0.6 is 0 Å². The Balaban J connectivity index is 0.000000578. The summed E-state index contributed by atoms with van der Waals surface area (Å²) >= 11 is 0. The number of hydrogen-bond donors (Lipinski definition) is 0. The number of rotatable bonds is 3. The van der Waals surface area contributed by atoms with Crippen LogP contribution in [-0.2, 0) is 0 Å². The summed E-state index contributed by atoms with van der Waals surface area (Å²) in [6.07, 6.45) is 6.17. The Morgan fingerprint density at radius 2 is 1.86 bits per heavy atom. The molecule has 6 rings (SSSR count). The van der Waals surface area contributed by atoms with Crippen molar-refractivity contribution in [2.45, 2.75) is 32.6 Å². The average Bonchev–Trinajstić information content (AvgIpc) is 2.90. The molecule has 0 radical (unpaired) electrons. The maximum Gasteiger partial charge on any atom is 1.00 e. The van der Waals surface area contributed by atoms with Gasteiger partial charge in [0, 0.05) is 0 Å². The molecule has 0 heterocycles. The van der Waals surface area contributed by atoms with Gasteiger partial charge in [0.05, 0.1) is 0 Å². The summed E-state index contributed by atoms with van der Waals surface area (Å²) in [6.45, 7) is 2.35. The fourth-order valence-corrected chi connectivity index (χ4v) is 6.39. The second-order valence-corrected chi connectivity index (χ2v) is 6.27. The zero-order valence-electron chi connectivity index (χ0n) is 9.29. The predicted octanol–water partition coefficient (Wildman–Crippen LogP) is -0.103. The third-order valence-corrected chi connectivity index (χ3v) is 6.33. The number of hydrogen-bond acceptors (Lipinski definition) is 0. The van der Waals surface area contributed by atoms with Gasteiger partial charge >= 0.3 is 18.9 Å². The molecule has 1 heteroatoms. The van der Waals surface area contributed by atoms with Crippen molar-refractivity contribution < 1.29 is 18.9 Å². The van der Waals surface area contributed by atoms with Crippen molar-refractivity contribution in [2.24, 2.45) is 40.9 Å². The summed E-state index contributed by atoms with van der Waals surface area (Å²) in [5.74, 6) is 9.48. The molecular weight excluding hydrogens is 163 g/mol. The van der Waals surface area contributed by atoms with Crippen LogP contribution in [-0.4, -0.2) is 0 Å². The molecule has 0 N–H and O–H groups in total. The molecule has 6 saturated carbocycles. The van der Waals surface area contributed by atoms with E-state index in [9.17, 15) is 0 Å². The van der Waals surface area contributed by atoms with E-state index in [1.807, 2.05) is 0 Å². The standard InChI is InChI=1S/C13H17.Li/c1-2-3-4-13-10-6-5-7(11(10)13)9-8(6)12(9)13;/h6-11H,2-5H2,1H3;/q-1;+1/t6-,7+,8-,9-,10+,11-,13?;/m1./s1. The van der Waals surface area contributed by atoms with Crippen molar-refractivity contribution in [3.63, 3.8) is 0 Å². The maximum absolute atomic E-state index is 2.35. The van der Waals surface area contributed by atoms with Gasteiger partial charge in [0.2, 0.25) is 0 Å². The van der Waals surface area contributed by atoms with Crippen molar-refractivity contribution >= 4 is 0 Å². The van der Waals surface area contributed by atoms with Gasteiger partial charge in [0.15, 0.2) is 0 Å². The zero-order valence-corrected chi connectivity index (χ0v) is 9.29. The van der Waals surface area contributed by atoms with Gasteiger partial charge in [-0.25, -0.2) is 0 Å². The summed E-state index contributed by atoms with van der Waals surface area (Å²) in [7, 11) is 0. The van der Waals surface area contributed by atoms with Crippen molar-refractivity contribution in [1.82, 2.24) is 0 Å². The Labute approximate surface area is 98.4 Å². The fraction of sp³-hybridized carbons (Fsp3) is 0.923. The van der Waals surface area contributed by atoms with Crippen LogP contribution in [0.3, 0.4) is 0 Å². The van der Waals surface area contributed by atoms with Crippen molar-refractivity contribution in [1.29, 1.82) is 0 Å². The molecule has 6 fully saturated rings.